The Labute approximate surface area is 90.6 Å². The van der Waals surface area contributed by atoms with Gasteiger partial charge in [-0.15, -0.1) is 0 Å². The number of urea groups is 1. The minimum absolute atomic E-state index is 0.297. The van der Waals surface area contributed by atoms with Crippen LogP contribution in [0, 0.1) is 5.82 Å². The van der Waals surface area contributed by atoms with Gasteiger partial charge in [-0.1, -0.05) is 0 Å². The van der Waals surface area contributed by atoms with Crippen molar-refractivity contribution in [1.29, 1.82) is 0 Å². The third kappa shape index (κ3) is 1.69. The quantitative estimate of drug-likeness (QED) is 0.727. The van der Waals surface area contributed by atoms with Gasteiger partial charge in [-0.3, -0.25) is 10.1 Å². The summed E-state index contributed by atoms with van der Waals surface area (Å²) in [6.07, 6.45) is 0. The molecule has 1 aromatic carbocycles. The zero-order valence-corrected chi connectivity index (χ0v) is 8.41. The summed E-state index contributed by atoms with van der Waals surface area (Å²) < 4.78 is 18.1. The molecule has 5 nitrogen and oxygen atoms in total. The van der Waals surface area contributed by atoms with E-state index in [1.54, 1.807) is 0 Å². The number of rotatable bonds is 2. The number of imide groups is 1. The average molecular weight is 224 g/mol. The molecule has 3 amide bonds. The van der Waals surface area contributed by atoms with Crippen molar-refractivity contribution in [1.82, 2.24) is 10.6 Å². The van der Waals surface area contributed by atoms with Crippen LogP contribution in [0.2, 0.25) is 0 Å². The van der Waals surface area contributed by atoms with Gasteiger partial charge in [0.2, 0.25) is 0 Å². The first-order valence-electron chi connectivity index (χ1n) is 4.56. The second-order valence-electron chi connectivity index (χ2n) is 3.28. The van der Waals surface area contributed by atoms with Crippen LogP contribution in [0.1, 0.15) is 11.6 Å². The summed E-state index contributed by atoms with van der Waals surface area (Å²) >= 11 is 0. The Kier molecular flexibility index (Phi) is 2.47. The second-order valence-corrected chi connectivity index (χ2v) is 3.28. The Morgan fingerprint density at radius 3 is 2.69 bits per heavy atom. The van der Waals surface area contributed by atoms with Crippen molar-refractivity contribution in [2.24, 2.45) is 0 Å². The molecule has 1 saturated heterocycles. The van der Waals surface area contributed by atoms with Gasteiger partial charge in [0.1, 0.15) is 17.6 Å². The van der Waals surface area contributed by atoms with Crippen LogP contribution in [0.5, 0.6) is 5.75 Å². The molecule has 2 rings (SSSR count). The summed E-state index contributed by atoms with van der Waals surface area (Å²) in [6, 6.07) is 2.29. The Balaban J connectivity index is 2.42. The molecule has 1 aliphatic rings. The van der Waals surface area contributed by atoms with E-state index >= 15 is 0 Å². The lowest BCUT2D eigenvalue weighted by Gasteiger charge is -2.12. The summed E-state index contributed by atoms with van der Waals surface area (Å²) in [7, 11) is 1.41. The van der Waals surface area contributed by atoms with E-state index < -0.39 is 23.8 Å². The van der Waals surface area contributed by atoms with Gasteiger partial charge < -0.3 is 10.1 Å². The zero-order chi connectivity index (χ0) is 11.7. The Bertz CT molecular complexity index is 461. The van der Waals surface area contributed by atoms with Gasteiger partial charge in [-0.25, -0.2) is 9.18 Å². The molecular formula is C10H9FN2O3. The van der Waals surface area contributed by atoms with Crippen molar-refractivity contribution < 1.29 is 18.7 Å². The number of benzene rings is 1. The molecule has 6 heteroatoms. The normalized spacial score (nSPS) is 19.2. The van der Waals surface area contributed by atoms with Crippen LogP contribution in [-0.4, -0.2) is 19.0 Å². The van der Waals surface area contributed by atoms with Crippen molar-refractivity contribution in [3.63, 3.8) is 0 Å². The van der Waals surface area contributed by atoms with Gasteiger partial charge in [0.15, 0.2) is 0 Å². The molecule has 1 unspecified atom stereocenters. The molecule has 0 aliphatic carbocycles. The maximum absolute atomic E-state index is 13.1. The molecule has 0 bridgehead atoms. The van der Waals surface area contributed by atoms with Crippen molar-refractivity contribution in [2.75, 3.05) is 7.11 Å². The van der Waals surface area contributed by atoms with E-state index in [9.17, 15) is 14.0 Å². The zero-order valence-electron chi connectivity index (χ0n) is 8.41. The number of carbonyl (C=O) groups is 2. The predicted molar refractivity (Wildman–Crippen MR) is 52.4 cm³/mol. The molecule has 1 heterocycles. The lowest BCUT2D eigenvalue weighted by atomic mass is 10.1. The Morgan fingerprint density at radius 1 is 1.38 bits per heavy atom. The maximum atomic E-state index is 13.1. The van der Waals surface area contributed by atoms with Gasteiger partial charge >= 0.3 is 6.03 Å². The van der Waals surface area contributed by atoms with Crippen LogP contribution in [0.25, 0.3) is 0 Å². The summed E-state index contributed by atoms with van der Waals surface area (Å²) in [5.74, 6) is -0.664. The fourth-order valence-electron chi connectivity index (χ4n) is 1.57. The van der Waals surface area contributed by atoms with Gasteiger partial charge in [-0.2, -0.15) is 0 Å². The molecule has 2 N–H and O–H groups in total. The minimum Gasteiger partial charge on any atom is -0.496 e. The average Bonchev–Trinajstić information content (AvgIpc) is 2.57. The standard InChI is InChI=1S/C10H9FN2O3/c1-16-7-3-2-5(11)4-6(7)8-9(14)13-10(15)12-8/h2-4,8H,1H3,(H2,12,13,14,15). The molecule has 0 aromatic heterocycles. The SMILES string of the molecule is COc1ccc(F)cc1C1NC(=O)NC1=O. The third-order valence-electron chi connectivity index (χ3n) is 2.28. The number of amides is 3. The highest BCUT2D eigenvalue weighted by molar-refractivity contribution is 6.04. The van der Waals surface area contributed by atoms with E-state index in [1.807, 2.05) is 0 Å². The van der Waals surface area contributed by atoms with Crippen molar-refractivity contribution in [3.8, 4) is 5.75 Å². The number of ether oxygens (including phenoxy) is 1. The highest BCUT2D eigenvalue weighted by atomic mass is 19.1. The molecule has 1 aromatic rings. The smallest absolute Gasteiger partial charge is 0.322 e. The highest BCUT2D eigenvalue weighted by Gasteiger charge is 2.33. The fourth-order valence-corrected chi connectivity index (χ4v) is 1.57. The van der Waals surface area contributed by atoms with E-state index in [2.05, 4.69) is 10.6 Å². The van der Waals surface area contributed by atoms with Crippen molar-refractivity contribution in [2.45, 2.75) is 6.04 Å². The highest BCUT2D eigenvalue weighted by Crippen LogP contribution is 2.27. The molecule has 1 atom stereocenters. The second kappa shape index (κ2) is 3.80. The Hall–Kier alpha value is -2.11. The molecule has 0 saturated carbocycles. The largest absolute Gasteiger partial charge is 0.496 e. The van der Waals surface area contributed by atoms with E-state index in [0.717, 1.165) is 6.07 Å². The number of carbonyl (C=O) groups excluding carboxylic acids is 2. The predicted octanol–water partition coefficient (Wildman–Crippen LogP) is 0.715. The number of hydrogen-bond acceptors (Lipinski definition) is 3. The van der Waals surface area contributed by atoms with Crippen LogP contribution in [0.15, 0.2) is 18.2 Å². The first kappa shape index (κ1) is 10.4. The maximum Gasteiger partial charge on any atom is 0.322 e. The first-order valence-corrected chi connectivity index (χ1v) is 4.56. The van der Waals surface area contributed by atoms with Gasteiger partial charge in [0, 0.05) is 5.56 Å². The first-order chi connectivity index (χ1) is 7.61. The van der Waals surface area contributed by atoms with E-state index in [0.29, 0.717) is 11.3 Å². The molecule has 16 heavy (non-hydrogen) atoms. The van der Waals surface area contributed by atoms with Crippen molar-refractivity contribution >= 4 is 11.9 Å². The van der Waals surface area contributed by atoms with Gasteiger partial charge in [-0.05, 0) is 18.2 Å². The van der Waals surface area contributed by atoms with E-state index in [4.69, 9.17) is 4.74 Å². The summed E-state index contributed by atoms with van der Waals surface area (Å²) in [5, 5.41) is 4.44. The minimum atomic E-state index is -0.904. The van der Waals surface area contributed by atoms with Crippen LogP contribution >= 0.6 is 0 Å². The lowest BCUT2D eigenvalue weighted by molar-refractivity contribution is -0.120. The van der Waals surface area contributed by atoms with E-state index in [1.165, 1.54) is 19.2 Å². The summed E-state index contributed by atoms with van der Waals surface area (Å²) in [5.41, 5.74) is 0.297. The van der Waals surface area contributed by atoms with Crippen LogP contribution < -0.4 is 15.4 Å². The third-order valence-corrected chi connectivity index (χ3v) is 2.28. The molecule has 0 spiro atoms. The Morgan fingerprint density at radius 2 is 2.12 bits per heavy atom. The van der Waals surface area contributed by atoms with Gasteiger partial charge in [0.05, 0.1) is 7.11 Å². The number of halogens is 1. The molecule has 84 valence electrons. The lowest BCUT2D eigenvalue weighted by Crippen LogP contribution is -2.22. The van der Waals surface area contributed by atoms with E-state index in [-0.39, 0.29) is 0 Å². The molecule has 0 radical (unpaired) electrons. The van der Waals surface area contributed by atoms with Crippen LogP contribution in [-0.2, 0) is 4.79 Å². The fraction of sp³-hybridized carbons (Fsp3) is 0.200. The number of hydrogen-bond donors (Lipinski definition) is 2. The topological polar surface area (TPSA) is 67.4 Å². The summed E-state index contributed by atoms with van der Waals surface area (Å²) in [6.45, 7) is 0. The molecular weight excluding hydrogens is 215 g/mol. The molecule has 1 fully saturated rings. The van der Waals surface area contributed by atoms with Crippen molar-refractivity contribution in [3.05, 3.63) is 29.6 Å². The number of methoxy groups -OCH3 is 1. The van der Waals surface area contributed by atoms with Crippen LogP contribution in [0.4, 0.5) is 9.18 Å². The monoisotopic (exact) mass is 224 g/mol. The van der Waals surface area contributed by atoms with Crippen LogP contribution in [0.3, 0.4) is 0 Å². The molecule has 1 aliphatic heterocycles. The van der Waals surface area contributed by atoms with Gasteiger partial charge in [0.25, 0.3) is 5.91 Å². The summed E-state index contributed by atoms with van der Waals surface area (Å²) in [4.78, 5) is 22.3. The number of nitrogens with one attached hydrogen (secondary N) is 2.